The number of ether oxygens (including phenoxy) is 1. The summed E-state index contributed by atoms with van der Waals surface area (Å²) in [6, 6.07) is 14.3. The second kappa shape index (κ2) is 5.02. The van der Waals surface area contributed by atoms with Gasteiger partial charge in [0.05, 0.1) is 4.47 Å². The number of nitrogens with one attached hydrogen (secondary N) is 1. The predicted molar refractivity (Wildman–Crippen MR) is 77.1 cm³/mol. The Morgan fingerprint density at radius 3 is 2.89 bits per heavy atom. The summed E-state index contributed by atoms with van der Waals surface area (Å²) in [6.07, 6.45) is 1.09. The van der Waals surface area contributed by atoms with Crippen LogP contribution in [0.25, 0.3) is 0 Å². The van der Waals surface area contributed by atoms with Crippen LogP contribution in [-0.2, 0) is 13.0 Å². The fourth-order valence-electron chi connectivity index (χ4n) is 2.27. The lowest BCUT2D eigenvalue weighted by Crippen LogP contribution is -1.99. The van der Waals surface area contributed by atoms with Gasteiger partial charge in [-0.2, -0.15) is 0 Å². The van der Waals surface area contributed by atoms with Crippen molar-refractivity contribution in [2.24, 2.45) is 0 Å². The molecule has 0 fully saturated rings. The van der Waals surface area contributed by atoms with E-state index in [-0.39, 0.29) is 0 Å². The molecular weight excluding hydrogens is 290 g/mol. The Morgan fingerprint density at radius 1 is 1.11 bits per heavy atom. The minimum atomic E-state index is 0.619. The van der Waals surface area contributed by atoms with Gasteiger partial charge in [-0.15, -0.1) is 0 Å². The van der Waals surface area contributed by atoms with Gasteiger partial charge in [-0.1, -0.05) is 24.3 Å². The summed E-state index contributed by atoms with van der Waals surface area (Å²) in [5.74, 6) is 0.890. The highest BCUT2D eigenvalue weighted by Gasteiger charge is 2.13. The number of anilines is 1. The summed E-state index contributed by atoms with van der Waals surface area (Å²) in [5.41, 5.74) is 3.92. The van der Waals surface area contributed by atoms with Crippen LogP contribution in [0.2, 0.25) is 0 Å². The maximum absolute atomic E-state index is 5.87. The van der Waals surface area contributed by atoms with Crippen LogP contribution in [0.1, 0.15) is 11.1 Å². The highest BCUT2D eigenvalue weighted by molar-refractivity contribution is 9.10. The molecule has 0 radical (unpaired) electrons. The van der Waals surface area contributed by atoms with Crippen molar-refractivity contribution >= 4 is 21.6 Å². The Morgan fingerprint density at radius 2 is 2.00 bits per heavy atom. The molecule has 0 bridgehead atoms. The summed E-state index contributed by atoms with van der Waals surface area (Å²) in [5, 5.41) is 3.39. The smallest absolute Gasteiger partial charge is 0.133 e. The first-order valence-corrected chi connectivity index (χ1v) is 6.86. The molecule has 18 heavy (non-hydrogen) atoms. The number of para-hydroxylation sites is 1. The molecule has 2 aromatic rings. The first-order valence-electron chi connectivity index (χ1n) is 6.06. The van der Waals surface area contributed by atoms with Crippen LogP contribution in [0.3, 0.4) is 0 Å². The van der Waals surface area contributed by atoms with Crippen molar-refractivity contribution in [3.05, 3.63) is 58.1 Å². The molecule has 0 atom stereocenters. The van der Waals surface area contributed by atoms with E-state index in [4.69, 9.17) is 4.74 Å². The van der Waals surface area contributed by atoms with Gasteiger partial charge in [0.1, 0.15) is 12.4 Å². The second-order valence-corrected chi connectivity index (χ2v) is 5.19. The quantitative estimate of drug-likeness (QED) is 0.925. The fraction of sp³-hybridized carbons (Fsp3) is 0.200. The summed E-state index contributed by atoms with van der Waals surface area (Å²) in [4.78, 5) is 0. The molecule has 3 rings (SSSR count). The fourth-order valence-corrected chi connectivity index (χ4v) is 2.67. The molecule has 0 saturated carbocycles. The zero-order valence-electron chi connectivity index (χ0n) is 9.95. The first kappa shape index (κ1) is 11.6. The molecule has 1 aliphatic heterocycles. The lowest BCUT2D eigenvalue weighted by atomic mass is 10.1. The Kier molecular flexibility index (Phi) is 3.24. The lowest BCUT2D eigenvalue weighted by Gasteiger charge is -2.11. The van der Waals surface area contributed by atoms with Gasteiger partial charge in [-0.25, -0.2) is 0 Å². The van der Waals surface area contributed by atoms with E-state index < -0.39 is 0 Å². The monoisotopic (exact) mass is 303 g/mol. The standard InChI is InChI=1S/C15H14BrNO/c16-13-5-1-2-7-15(13)18-10-11-4-3-6-14-12(11)8-9-17-14/h1-7,17H,8-10H2. The zero-order chi connectivity index (χ0) is 12.4. The van der Waals surface area contributed by atoms with E-state index in [1.54, 1.807) is 0 Å². The van der Waals surface area contributed by atoms with Crippen molar-refractivity contribution < 1.29 is 4.74 Å². The van der Waals surface area contributed by atoms with E-state index >= 15 is 0 Å². The maximum Gasteiger partial charge on any atom is 0.133 e. The van der Waals surface area contributed by atoms with Crippen molar-refractivity contribution in [3.8, 4) is 5.75 Å². The molecule has 0 amide bonds. The van der Waals surface area contributed by atoms with E-state index in [2.05, 4.69) is 39.4 Å². The number of benzene rings is 2. The van der Waals surface area contributed by atoms with Crippen molar-refractivity contribution in [1.29, 1.82) is 0 Å². The Bertz CT molecular complexity index is 568. The van der Waals surface area contributed by atoms with Crippen LogP contribution in [-0.4, -0.2) is 6.54 Å². The summed E-state index contributed by atoms with van der Waals surface area (Å²) >= 11 is 3.49. The van der Waals surface area contributed by atoms with Crippen molar-refractivity contribution in [3.63, 3.8) is 0 Å². The largest absolute Gasteiger partial charge is 0.488 e. The van der Waals surface area contributed by atoms with Gasteiger partial charge in [0.15, 0.2) is 0 Å². The summed E-state index contributed by atoms with van der Waals surface area (Å²) in [6.45, 7) is 1.65. The molecule has 92 valence electrons. The SMILES string of the molecule is Brc1ccccc1OCc1cccc2c1CCN2. The van der Waals surface area contributed by atoms with Crippen molar-refractivity contribution in [2.45, 2.75) is 13.0 Å². The highest BCUT2D eigenvalue weighted by Crippen LogP contribution is 2.28. The normalized spacial score (nSPS) is 12.9. The Labute approximate surface area is 115 Å². The van der Waals surface area contributed by atoms with E-state index in [1.165, 1.54) is 16.8 Å². The van der Waals surface area contributed by atoms with Gasteiger partial charge in [0.25, 0.3) is 0 Å². The predicted octanol–water partition coefficient (Wildman–Crippen LogP) is 4.00. The molecule has 0 unspecified atom stereocenters. The summed E-state index contributed by atoms with van der Waals surface area (Å²) < 4.78 is 6.87. The molecular formula is C15H14BrNO. The van der Waals surface area contributed by atoms with E-state index in [0.717, 1.165) is 23.2 Å². The molecule has 2 nitrogen and oxygen atoms in total. The summed E-state index contributed by atoms with van der Waals surface area (Å²) in [7, 11) is 0. The number of hydrogen-bond donors (Lipinski definition) is 1. The molecule has 0 aliphatic carbocycles. The van der Waals surface area contributed by atoms with Crippen LogP contribution in [0.5, 0.6) is 5.75 Å². The molecule has 0 aromatic heterocycles. The zero-order valence-corrected chi connectivity index (χ0v) is 11.5. The molecule has 1 heterocycles. The average Bonchev–Trinajstić information content (AvgIpc) is 2.86. The van der Waals surface area contributed by atoms with Gasteiger partial charge in [-0.05, 0) is 51.7 Å². The van der Waals surface area contributed by atoms with Crippen LogP contribution >= 0.6 is 15.9 Å². The number of halogens is 1. The van der Waals surface area contributed by atoms with Gasteiger partial charge in [0, 0.05) is 12.2 Å². The third kappa shape index (κ3) is 2.23. The minimum Gasteiger partial charge on any atom is -0.488 e. The first-order chi connectivity index (χ1) is 8.84. The molecule has 0 spiro atoms. The average molecular weight is 304 g/mol. The van der Waals surface area contributed by atoms with Gasteiger partial charge in [-0.3, -0.25) is 0 Å². The lowest BCUT2D eigenvalue weighted by molar-refractivity contribution is 0.303. The third-order valence-corrected chi connectivity index (χ3v) is 3.84. The van der Waals surface area contributed by atoms with Crippen molar-refractivity contribution in [2.75, 3.05) is 11.9 Å². The molecule has 1 aliphatic rings. The Balaban J connectivity index is 1.78. The van der Waals surface area contributed by atoms with Gasteiger partial charge < -0.3 is 10.1 Å². The van der Waals surface area contributed by atoms with Crippen LogP contribution < -0.4 is 10.1 Å². The molecule has 1 N–H and O–H groups in total. The minimum absolute atomic E-state index is 0.619. The van der Waals surface area contributed by atoms with E-state index in [9.17, 15) is 0 Å². The maximum atomic E-state index is 5.87. The second-order valence-electron chi connectivity index (χ2n) is 4.34. The third-order valence-electron chi connectivity index (χ3n) is 3.18. The molecule has 0 saturated heterocycles. The van der Waals surface area contributed by atoms with Crippen molar-refractivity contribution in [1.82, 2.24) is 0 Å². The van der Waals surface area contributed by atoms with Crippen LogP contribution in [0, 0.1) is 0 Å². The van der Waals surface area contributed by atoms with Crippen LogP contribution in [0.4, 0.5) is 5.69 Å². The van der Waals surface area contributed by atoms with Gasteiger partial charge >= 0.3 is 0 Å². The number of hydrogen-bond acceptors (Lipinski definition) is 2. The molecule has 2 aromatic carbocycles. The topological polar surface area (TPSA) is 21.3 Å². The highest BCUT2D eigenvalue weighted by atomic mass is 79.9. The molecule has 3 heteroatoms. The van der Waals surface area contributed by atoms with Crippen LogP contribution in [0.15, 0.2) is 46.9 Å². The van der Waals surface area contributed by atoms with E-state index in [1.807, 2.05) is 24.3 Å². The number of rotatable bonds is 3. The Hall–Kier alpha value is -1.48. The van der Waals surface area contributed by atoms with Gasteiger partial charge in [0.2, 0.25) is 0 Å². The number of fused-ring (bicyclic) bond motifs is 1. The van der Waals surface area contributed by atoms with E-state index in [0.29, 0.717) is 6.61 Å².